The third-order valence-corrected chi connectivity index (χ3v) is 3.21. The van der Waals surface area contributed by atoms with Crippen LogP contribution in [0.15, 0.2) is 54.6 Å². The Morgan fingerprint density at radius 1 is 1.10 bits per heavy atom. The summed E-state index contributed by atoms with van der Waals surface area (Å²) in [6, 6.07) is 18.0. The van der Waals surface area contributed by atoms with Crippen molar-refractivity contribution in [1.29, 1.82) is 0 Å². The van der Waals surface area contributed by atoms with E-state index < -0.39 is 0 Å². The molecule has 110 valence electrons. The lowest BCUT2D eigenvalue weighted by atomic mass is 10.0. The van der Waals surface area contributed by atoms with Crippen LogP contribution in [0.25, 0.3) is 0 Å². The molecule has 1 atom stereocenters. The van der Waals surface area contributed by atoms with E-state index in [1.807, 2.05) is 61.5 Å². The Bertz CT molecular complexity index is 578. The summed E-state index contributed by atoms with van der Waals surface area (Å²) in [4.78, 5) is 10.9. The number of benzene rings is 2. The minimum atomic E-state index is -0.252. The smallest absolute Gasteiger partial charge is 0.302 e. The van der Waals surface area contributed by atoms with Crippen LogP contribution in [-0.2, 0) is 16.1 Å². The summed E-state index contributed by atoms with van der Waals surface area (Å²) in [5.41, 5.74) is 2.23. The van der Waals surface area contributed by atoms with Gasteiger partial charge in [-0.3, -0.25) is 4.79 Å². The first-order valence-corrected chi connectivity index (χ1v) is 7.05. The monoisotopic (exact) mass is 284 g/mol. The van der Waals surface area contributed by atoms with Gasteiger partial charge < -0.3 is 9.47 Å². The van der Waals surface area contributed by atoms with Gasteiger partial charge in [-0.2, -0.15) is 0 Å². The highest BCUT2D eigenvalue weighted by Gasteiger charge is 2.08. The van der Waals surface area contributed by atoms with Gasteiger partial charge in [0.2, 0.25) is 0 Å². The molecule has 0 heterocycles. The maximum Gasteiger partial charge on any atom is 0.302 e. The first-order chi connectivity index (χ1) is 10.1. The Morgan fingerprint density at radius 3 is 2.57 bits per heavy atom. The maximum atomic E-state index is 10.9. The molecule has 0 saturated heterocycles. The minimum Gasteiger partial charge on any atom is -0.489 e. The first kappa shape index (κ1) is 15.1. The van der Waals surface area contributed by atoms with Crippen LogP contribution in [-0.4, -0.2) is 12.6 Å². The fourth-order valence-electron chi connectivity index (χ4n) is 1.99. The largest absolute Gasteiger partial charge is 0.489 e. The molecule has 0 N–H and O–H groups in total. The molecule has 1 unspecified atom stereocenters. The van der Waals surface area contributed by atoms with Gasteiger partial charge in [0.1, 0.15) is 12.4 Å². The molecule has 0 aliphatic rings. The van der Waals surface area contributed by atoms with Crippen molar-refractivity contribution in [2.24, 2.45) is 0 Å². The zero-order valence-electron chi connectivity index (χ0n) is 12.4. The molecule has 3 nitrogen and oxygen atoms in total. The Labute approximate surface area is 125 Å². The zero-order chi connectivity index (χ0) is 15.1. The topological polar surface area (TPSA) is 35.5 Å². The molecule has 0 aliphatic heterocycles. The molecule has 0 fully saturated rings. The van der Waals surface area contributed by atoms with Gasteiger partial charge in [0.15, 0.2) is 0 Å². The molecule has 3 heteroatoms. The second-order valence-electron chi connectivity index (χ2n) is 5.05. The SMILES string of the molecule is CC(=O)OCC(C)c1cccc(OCc2ccccc2)c1. The molecule has 0 radical (unpaired) electrons. The van der Waals surface area contributed by atoms with Gasteiger partial charge in [-0.25, -0.2) is 0 Å². The lowest BCUT2D eigenvalue weighted by Gasteiger charge is -2.13. The molecule has 0 aromatic heterocycles. The summed E-state index contributed by atoms with van der Waals surface area (Å²) < 4.78 is 10.8. The van der Waals surface area contributed by atoms with Gasteiger partial charge in [-0.15, -0.1) is 0 Å². The van der Waals surface area contributed by atoms with Crippen molar-refractivity contribution >= 4 is 5.97 Å². The fraction of sp³-hybridized carbons (Fsp3) is 0.278. The highest BCUT2D eigenvalue weighted by Crippen LogP contribution is 2.21. The number of hydrogen-bond acceptors (Lipinski definition) is 3. The van der Waals surface area contributed by atoms with Crippen molar-refractivity contribution in [3.05, 3.63) is 65.7 Å². The van der Waals surface area contributed by atoms with Gasteiger partial charge >= 0.3 is 5.97 Å². The van der Waals surface area contributed by atoms with Crippen LogP contribution in [0.5, 0.6) is 5.75 Å². The maximum absolute atomic E-state index is 10.9. The Kier molecular flexibility index (Phi) is 5.38. The van der Waals surface area contributed by atoms with Crippen molar-refractivity contribution in [2.45, 2.75) is 26.4 Å². The number of carbonyl (C=O) groups is 1. The number of rotatable bonds is 6. The van der Waals surface area contributed by atoms with Crippen LogP contribution in [0.4, 0.5) is 0 Å². The lowest BCUT2D eigenvalue weighted by Crippen LogP contribution is -2.08. The normalized spacial score (nSPS) is 11.7. The highest BCUT2D eigenvalue weighted by atomic mass is 16.5. The molecular weight excluding hydrogens is 264 g/mol. The van der Waals surface area contributed by atoms with Gasteiger partial charge in [-0.05, 0) is 23.3 Å². The van der Waals surface area contributed by atoms with E-state index in [1.165, 1.54) is 6.92 Å². The molecule has 2 aromatic carbocycles. The lowest BCUT2D eigenvalue weighted by molar-refractivity contribution is -0.141. The summed E-state index contributed by atoms with van der Waals surface area (Å²) >= 11 is 0. The molecule has 0 amide bonds. The molecule has 2 aromatic rings. The van der Waals surface area contributed by atoms with E-state index in [2.05, 4.69) is 0 Å². The summed E-state index contributed by atoms with van der Waals surface area (Å²) in [6.45, 7) is 4.38. The van der Waals surface area contributed by atoms with Crippen molar-refractivity contribution in [3.8, 4) is 5.75 Å². The molecule has 21 heavy (non-hydrogen) atoms. The molecule has 0 spiro atoms. The van der Waals surface area contributed by atoms with E-state index in [0.29, 0.717) is 13.2 Å². The second-order valence-corrected chi connectivity index (χ2v) is 5.05. The highest BCUT2D eigenvalue weighted by molar-refractivity contribution is 5.65. The standard InChI is InChI=1S/C18H20O3/c1-14(12-20-15(2)19)17-9-6-10-18(11-17)21-13-16-7-4-3-5-8-16/h3-11,14H,12-13H2,1-2H3. The summed E-state index contributed by atoms with van der Waals surface area (Å²) in [6.07, 6.45) is 0. The Morgan fingerprint density at radius 2 is 1.86 bits per heavy atom. The average molecular weight is 284 g/mol. The summed E-state index contributed by atoms with van der Waals surface area (Å²) in [7, 11) is 0. The van der Waals surface area contributed by atoms with Crippen LogP contribution in [0.1, 0.15) is 30.9 Å². The number of ether oxygens (including phenoxy) is 2. The predicted octanol–water partition coefficient (Wildman–Crippen LogP) is 3.93. The minimum absolute atomic E-state index is 0.147. The molecular formula is C18H20O3. The van der Waals surface area contributed by atoms with E-state index in [0.717, 1.165) is 16.9 Å². The number of esters is 1. The average Bonchev–Trinajstić information content (AvgIpc) is 2.52. The summed E-state index contributed by atoms with van der Waals surface area (Å²) in [5, 5.41) is 0. The first-order valence-electron chi connectivity index (χ1n) is 7.05. The predicted molar refractivity (Wildman–Crippen MR) is 82.3 cm³/mol. The van der Waals surface area contributed by atoms with Crippen molar-refractivity contribution < 1.29 is 14.3 Å². The second kappa shape index (κ2) is 7.48. The fourth-order valence-corrected chi connectivity index (χ4v) is 1.99. The van der Waals surface area contributed by atoms with Crippen LogP contribution in [0.2, 0.25) is 0 Å². The van der Waals surface area contributed by atoms with E-state index in [9.17, 15) is 4.79 Å². The van der Waals surface area contributed by atoms with E-state index >= 15 is 0 Å². The van der Waals surface area contributed by atoms with Gasteiger partial charge in [0.05, 0.1) is 6.61 Å². The van der Waals surface area contributed by atoms with Crippen LogP contribution >= 0.6 is 0 Å². The molecule has 0 saturated carbocycles. The van der Waals surface area contributed by atoms with Crippen LogP contribution in [0, 0.1) is 0 Å². The van der Waals surface area contributed by atoms with Gasteiger partial charge in [0.25, 0.3) is 0 Å². The Balaban J connectivity index is 1.95. The van der Waals surface area contributed by atoms with Crippen LogP contribution < -0.4 is 4.74 Å². The number of hydrogen-bond donors (Lipinski definition) is 0. The van der Waals surface area contributed by atoms with E-state index in [4.69, 9.17) is 9.47 Å². The molecule has 0 bridgehead atoms. The quantitative estimate of drug-likeness (QED) is 0.754. The third-order valence-electron chi connectivity index (χ3n) is 3.21. The van der Waals surface area contributed by atoms with Crippen molar-refractivity contribution in [2.75, 3.05) is 6.61 Å². The molecule has 2 rings (SSSR count). The molecule has 0 aliphatic carbocycles. The van der Waals surface area contributed by atoms with Crippen molar-refractivity contribution in [1.82, 2.24) is 0 Å². The van der Waals surface area contributed by atoms with Crippen LogP contribution in [0.3, 0.4) is 0 Å². The number of carbonyl (C=O) groups excluding carboxylic acids is 1. The van der Waals surface area contributed by atoms with Gasteiger partial charge in [-0.1, -0.05) is 49.4 Å². The Hall–Kier alpha value is -2.29. The summed E-state index contributed by atoms with van der Waals surface area (Å²) in [5.74, 6) is 0.721. The van der Waals surface area contributed by atoms with Crippen molar-refractivity contribution in [3.63, 3.8) is 0 Å². The van der Waals surface area contributed by atoms with E-state index in [-0.39, 0.29) is 11.9 Å². The van der Waals surface area contributed by atoms with Gasteiger partial charge in [0, 0.05) is 12.8 Å². The van der Waals surface area contributed by atoms with E-state index in [1.54, 1.807) is 0 Å². The zero-order valence-corrected chi connectivity index (χ0v) is 12.4. The third kappa shape index (κ3) is 4.95.